The molecule has 0 aliphatic rings. The third kappa shape index (κ3) is 6.66. The van der Waals surface area contributed by atoms with Gasteiger partial charge in [-0.2, -0.15) is 5.10 Å². The molecule has 2 amide bonds. The van der Waals surface area contributed by atoms with Gasteiger partial charge in [-0.25, -0.2) is 10.2 Å². The molecule has 3 rings (SSSR count). The fourth-order valence-corrected chi connectivity index (χ4v) is 2.95. The van der Waals surface area contributed by atoms with Crippen molar-refractivity contribution in [1.82, 2.24) is 5.43 Å². The van der Waals surface area contributed by atoms with Crippen LogP contribution in [0.1, 0.15) is 15.9 Å². The molecule has 0 atom stereocenters. The molecular weight excluding hydrogens is 506 g/mol. The summed E-state index contributed by atoms with van der Waals surface area (Å²) in [4.78, 5) is 36.2. The quantitative estimate of drug-likeness (QED) is 0.159. The van der Waals surface area contributed by atoms with Crippen molar-refractivity contribution in [3.63, 3.8) is 0 Å². The van der Waals surface area contributed by atoms with E-state index in [4.69, 9.17) is 14.2 Å². The Labute approximate surface area is 203 Å². The summed E-state index contributed by atoms with van der Waals surface area (Å²) in [5.41, 5.74) is 3.54. The van der Waals surface area contributed by atoms with E-state index >= 15 is 0 Å². The summed E-state index contributed by atoms with van der Waals surface area (Å²) >= 11 is 3.29. The summed E-state index contributed by atoms with van der Waals surface area (Å²) < 4.78 is 16.6. The highest BCUT2D eigenvalue weighted by Gasteiger charge is 2.14. The number of methoxy groups -OCH3 is 2. The summed E-state index contributed by atoms with van der Waals surface area (Å²) in [6, 6.07) is 17.9. The van der Waals surface area contributed by atoms with Crippen LogP contribution in [0.15, 0.2) is 76.3 Å². The summed E-state index contributed by atoms with van der Waals surface area (Å²) in [6.45, 7) is 0. The number of rotatable bonds is 7. The lowest BCUT2D eigenvalue weighted by atomic mass is 10.2. The van der Waals surface area contributed by atoms with E-state index in [0.29, 0.717) is 34.1 Å². The minimum absolute atomic E-state index is 0.299. The fourth-order valence-electron chi connectivity index (χ4n) is 2.69. The Morgan fingerprint density at radius 1 is 0.853 bits per heavy atom. The number of carbonyl (C=O) groups excluding carboxylic acids is 3. The fraction of sp³-hybridized carbons (Fsp3) is 0.0833. The van der Waals surface area contributed by atoms with Crippen LogP contribution in [0.4, 0.5) is 5.69 Å². The first-order chi connectivity index (χ1) is 16.4. The highest BCUT2D eigenvalue weighted by molar-refractivity contribution is 9.10. The predicted molar refractivity (Wildman–Crippen MR) is 129 cm³/mol. The Morgan fingerprint density at radius 3 is 2.18 bits per heavy atom. The van der Waals surface area contributed by atoms with Gasteiger partial charge < -0.3 is 19.5 Å². The maximum Gasteiger partial charge on any atom is 0.343 e. The Bertz CT molecular complexity index is 1210. The van der Waals surface area contributed by atoms with E-state index in [1.165, 1.54) is 26.5 Å². The van der Waals surface area contributed by atoms with E-state index in [1.54, 1.807) is 60.7 Å². The summed E-state index contributed by atoms with van der Waals surface area (Å²) in [6.07, 6.45) is 1.35. The van der Waals surface area contributed by atoms with E-state index in [2.05, 4.69) is 31.8 Å². The molecule has 0 aliphatic heterocycles. The monoisotopic (exact) mass is 525 g/mol. The number of ether oxygens (including phenoxy) is 3. The molecule has 0 heterocycles. The average molecular weight is 526 g/mol. The second kappa shape index (κ2) is 11.6. The number of hydrogen-bond donors (Lipinski definition) is 2. The second-order valence-corrected chi connectivity index (χ2v) is 7.60. The van der Waals surface area contributed by atoms with Crippen LogP contribution in [0.2, 0.25) is 0 Å². The zero-order valence-electron chi connectivity index (χ0n) is 18.2. The molecular formula is C24H20BrN3O6. The maximum absolute atomic E-state index is 12.4. The molecule has 0 spiro atoms. The minimum atomic E-state index is -0.917. The number of nitrogens with one attached hydrogen (secondary N) is 2. The van der Waals surface area contributed by atoms with Gasteiger partial charge in [0.25, 0.3) is 0 Å². The molecule has 0 aromatic heterocycles. The molecule has 0 bridgehead atoms. The first-order valence-corrected chi connectivity index (χ1v) is 10.6. The average Bonchev–Trinajstić information content (AvgIpc) is 2.85. The molecule has 2 N–H and O–H groups in total. The largest absolute Gasteiger partial charge is 0.493 e. The highest BCUT2D eigenvalue weighted by atomic mass is 79.9. The number of halogens is 1. The van der Waals surface area contributed by atoms with Crippen LogP contribution in [0.3, 0.4) is 0 Å². The Balaban J connectivity index is 1.53. The van der Waals surface area contributed by atoms with Crippen molar-refractivity contribution >= 4 is 45.6 Å². The van der Waals surface area contributed by atoms with Crippen molar-refractivity contribution in [2.75, 3.05) is 19.5 Å². The van der Waals surface area contributed by atoms with Gasteiger partial charge in [-0.1, -0.05) is 15.9 Å². The molecule has 10 heteroatoms. The van der Waals surface area contributed by atoms with Crippen LogP contribution in [-0.2, 0) is 9.59 Å². The number of esters is 1. The van der Waals surface area contributed by atoms with E-state index in [9.17, 15) is 14.4 Å². The van der Waals surface area contributed by atoms with Crippen LogP contribution in [-0.4, -0.2) is 38.2 Å². The minimum Gasteiger partial charge on any atom is -0.493 e. The summed E-state index contributed by atoms with van der Waals surface area (Å²) in [7, 11) is 2.98. The van der Waals surface area contributed by atoms with E-state index in [0.717, 1.165) is 4.47 Å². The van der Waals surface area contributed by atoms with Gasteiger partial charge in [0.05, 0.1) is 26.0 Å². The van der Waals surface area contributed by atoms with E-state index in [1.807, 2.05) is 0 Å². The van der Waals surface area contributed by atoms with Gasteiger partial charge in [-0.05, 0) is 72.3 Å². The van der Waals surface area contributed by atoms with E-state index in [-0.39, 0.29) is 0 Å². The highest BCUT2D eigenvalue weighted by Crippen LogP contribution is 2.28. The SMILES string of the molecule is COc1ccc(C(=O)Oc2ccc(C=NNC(=O)C(=O)Nc3ccc(Br)cc3)cc2)cc1OC. The van der Waals surface area contributed by atoms with Crippen LogP contribution >= 0.6 is 15.9 Å². The summed E-state index contributed by atoms with van der Waals surface area (Å²) in [5, 5.41) is 6.23. The first-order valence-electron chi connectivity index (χ1n) is 9.84. The number of anilines is 1. The summed E-state index contributed by atoms with van der Waals surface area (Å²) in [5.74, 6) is -1.10. The number of hydrazone groups is 1. The number of benzene rings is 3. The van der Waals surface area contributed by atoms with Gasteiger partial charge in [0, 0.05) is 10.2 Å². The number of amides is 2. The third-order valence-corrected chi connectivity index (χ3v) is 4.93. The maximum atomic E-state index is 12.4. The topological polar surface area (TPSA) is 115 Å². The molecule has 0 saturated carbocycles. The molecule has 0 radical (unpaired) electrons. The lowest BCUT2D eigenvalue weighted by molar-refractivity contribution is -0.136. The van der Waals surface area contributed by atoms with E-state index < -0.39 is 17.8 Å². The molecule has 0 saturated heterocycles. The molecule has 9 nitrogen and oxygen atoms in total. The molecule has 3 aromatic carbocycles. The van der Waals surface area contributed by atoms with Crippen molar-refractivity contribution in [2.45, 2.75) is 0 Å². The van der Waals surface area contributed by atoms with Gasteiger partial charge in [-0.15, -0.1) is 0 Å². The predicted octanol–water partition coefficient (Wildman–Crippen LogP) is 3.77. The van der Waals surface area contributed by atoms with Crippen LogP contribution in [0.5, 0.6) is 17.2 Å². The number of carbonyl (C=O) groups is 3. The molecule has 0 fully saturated rings. The lowest BCUT2D eigenvalue weighted by Gasteiger charge is -2.09. The van der Waals surface area contributed by atoms with Crippen molar-refractivity contribution in [2.24, 2.45) is 5.10 Å². The first kappa shape index (κ1) is 24.5. The van der Waals surface area contributed by atoms with Crippen molar-refractivity contribution < 1.29 is 28.6 Å². The van der Waals surface area contributed by atoms with Gasteiger partial charge in [0.1, 0.15) is 5.75 Å². The van der Waals surface area contributed by atoms with Gasteiger partial charge >= 0.3 is 17.8 Å². The lowest BCUT2D eigenvalue weighted by Crippen LogP contribution is -2.32. The molecule has 174 valence electrons. The molecule has 3 aromatic rings. The van der Waals surface area contributed by atoms with Crippen LogP contribution in [0, 0.1) is 0 Å². The van der Waals surface area contributed by atoms with Gasteiger partial charge in [0.15, 0.2) is 11.5 Å². The Morgan fingerprint density at radius 2 is 1.53 bits per heavy atom. The number of hydrogen-bond acceptors (Lipinski definition) is 7. The normalized spacial score (nSPS) is 10.4. The van der Waals surface area contributed by atoms with Crippen LogP contribution in [0.25, 0.3) is 0 Å². The molecule has 0 aliphatic carbocycles. The molecule has 34 heavy (non-hydrogen) atoms. The number of nitrogens with zero attached hydrogens (tertiary/aromatic N) is 1. The van der Waals surface area contributed by atoms with Crippen molar-refractivity contribution in [1.29, 1.82) is 0 Å². The van der Waals surface area contributed by atoms with Crippen LogP contribution < -0.4 is 25.0 Å². The second-order valence-electron chi connectivity index (χ2n) is 6.69. The Hall–Kier alpha value is -4.18. The Kier molecular flexibility index (Phi) is 8.36. The van der Waals surface area contributed by atoms with Gasteiger partial charge in [-0.3, -0.25) is 9.59 Å². The van der Waals surface area contributed by atoms with Gasteiger partial charge in [0.2, 0.25) is 0 Å². The molecule has 0 unspecified atom stereocenters. The standard InChI is InChI=1S/C24H20BrN3O6/c1-32-20-12-5-16(13-21(20)33-2)24(31)34-19-10-3-15(4-11-19)14-26-28-23(30)22(29)27-18-8-6-17(25)7-9-18/h3-14H,1-2H3,(H,27,29)(H,28,30). The zero-order valence-corrected chi connectivity index (χ0v) is 19.8. The smallest absolute Gasteiger partial charge is 0.343 e. The van der Waals surface area contributed by atoms with Crippen molar-refractivity contribution in [3.05, 3.63) is 82.3 Å². The van der Waals surface area contributed by atoms with Crippen molar-refractivity contribution in [3.8, 4) is 17.2 Å². The zero-order chi connectivity index (χ0) is 24.5. The third-order valence-electron chi connectivity index (χ3n) is 4.40.